The fraction of sp³-hybridized carbons (Fsp3) is 0.522. The smallest absolute Gasteiger partial charge is 0.409 e. The van der Waals surface area contributed by atoms with E-state index in [2.05, 4.69) is 63.5 Å². The molecule has 22 N–H and O–H groups in total. The molecule has 0 spiro atoms. The van der Waals surface area contributed by atoms with E-state index in [4.69, 9.17) is 52.5 Å². The zero-order chi connectivity index (χ0) is 100. The minimum atomic E-state index is -1.97. The van der Waals surface area contributed by atoms with Crippen LogP contribution in [0.25, 0.3) is 10.9 Å². The quantitative estimate of drug-likeness (QED) is 0.0119. The first-order valence-electron chi connectivity index (χ1n) is 44.8. The van der Waals surface area contributed by atoms with E-state index in [1.165, 1.54) is 73.0 Å². The van der Waals surface area contributed by atoms with Crippen molar-refractivity contribution in [3.05, 3.63) is 148 Å². The fourth-order valence-corrected chi connectivity index (χ4v) is 20.5. The van der Waals surface area contributed by atoms with Crippen molar-refractivity contribution >= 4 is 154 Å². The standard InChI is InChI=1S/C92H126ClN17O23S4/c1-47-21-20-27-71(130-12)92(128)41-70(131-90(127)108-92)48(2)76-91(8,133-76)77(88(125)110(10)68-38-56(35-47)39-69(129-11)73(68)93)132-89(126)51(5)109(9)72(114)32-34-134-135-44-65(78(96)115)103-80(117)50(4)99-79(116)49(3)100-86(123)74(52(6)111)107-85(122)67-46-137-136-45-66(104-81(118)61(95)37-54-22-14-13-15-23-54)84(121)101-58(36-55-28-30-59(113)31-29-55)43-98-64(40-57-42-97-62-25-17-16-24-60(57)62)83(120)102-63(26-18-19-33-94)82(119)106-75(53(7)112)87(124)105-67/h13-17,20-25,27-31,38-39,42,48-53,58,61,63-67,70-71,74-77,97-98,111-113,128H,18-19,26,32-37,40-41,43-46,94-95H2,1-12H3,(H2,96,115)(H,99,116)(H,100,123)(H,101,121)(H,102,120)(H,103,117)(H,104,118)(H,105,124)(H,106,119)(H,107,122)(H,108,127)/b27-20+,47-21+/t48-,49+,50+,51+,52-,53-,58+,61-,63+,64-,65+,66+,67+,70+,71-,74+,75+,76+,77+,91-,92+/m1/s1. The number of carbonyl (C=O) groups excluding carboxylic acids is 14. The van der Waals surface area contributed by atoms with Crippen LogP contribution in [0.2, 0.25) is 5.02 Å². The van der Waals surface area contributed by atoms with Gasteiger partial charge in [0.2, 0.25) is 71.1 Å². The summed E-state index contributed by atoms with van der Waals surface area (Å²) in [5.41, 5.74) is 19.1. The molecule has 3 saturated heterocycles. The van der Waals surface area contributed by atoms with Gasteiger partial charge in [0.15, 0.2) is 5.72 Å². The second kappa shape index (κ2) is 51.2. The Labute approximate surface area is 814 Å². The highest BCUT2D eigenvalue weighted by molar-refractivity contribution is 8.77. The number of phenols is 1. The van der Waals surface area contributed by atoms with Crippen LogP contribution in [0.3, 0.4) is 0 Å². The number of phenolic OH excluding ortho intramolecular Hbond substituents is 1. The molecule has 9 rings (SSSR count). The number of aromatic nitrogens is 1. The number of aliphatic hydroxyl groups excluding tert-OH is 2. The van der Waals surface area contributed by atoms with Crippen LogP contribution >= 0.6 is 54.8 Å². The number of aliphatic hydroxyl groups is 3. The van der Waals surface area contributed by atoms with Gasteiger partial charge in [0.1, 0.15) is 88.7 Å². The first-order chi connectivity index (χ1) is 65.0. The molecule has 0 unspecified atom stereocenters. The summed E-state index contributed by atoms with van der Waals surface area (Å²) >= 11 is 6.91. The van der Waals surface area contributed by atoms with Gasteiger partial charge in [-0.3, -0.25) is 62.9 Å². The summed E-state index contributed by atoms with van der Waals surface area (Å²) in [6.07, 6.45) is -1.46. The molecule has 4 bridgehead atoms. The molecular weight excluding hydrogens is 1870 g/mol. The van der Waals surface area contributed by atoms with Crippen LogP contribution in [-0.4, -0.2) is 298 Å². The lowest BCUT2D eigenvalue weighted by Crippen LogP contribution is -2.63. The number of methoxy groups -OCH3 is 2. The first-order valence-corrected chi connectivity index (χ1v) is 50.1. The molecule has 13 amide bonds. The molecule has 0 aliphatic carbocycles. The van der Waals surface area contributed by atoms with Gasteiger partial charge in [0.25, 0.3) is 5.91 Å². The predicted octanol–water partition coefficient (Wildman–Crippen LogP) is 1.27. The number of ether oxygens (including phenoxy) is 5. The van der Waals surface area contributed by atoms with Crippen molar-refractivity contribution in [3.8, 4) is 11.5 Å². The number of amides is 13. The summed E-state index contributed by atoms with van der Waals surface area (Å²) in [7, 11) is 9.59. The van der Waals surface area contributed by atoms with E-state index >= 15 is 14.4 Å². The molecule has 45 heteroatoms. The Morgan fingerprint density at radius 3 is 2.13 bits per heavy atom. The lowest BCUT2D eigenvalue weighted by Gasteiger charge is -2.42. The van der Waals surface area contributed by atoms with E-state index in [1.807, 2.05) is 31.2 Å². The number of likely N-dealkylation sites (N-methyl/N-ethyl adjacent to an activating group) is 2. The largest absolute Gasteiger partial charge is 0.508 e. The van der Waals surface area contributed by atoms with Crippen LogP contribution in [0.5, 0.6) is 11.5 Å². The third kappa shape index (κ3) is 30.6. The van der Waals surface area contributed by atoms with Crippen LogP contribution in [0.1, 0.15) is 110 Å². The summed E-state index contributed by atoms with van der Waals surface area (Å²) in [4.78, 5) is 205. The molecule has 4 aliphatic heterocycles. The second-order valence-corrected chi connectivity index (χ2v) is 40.3. The number of nitrogens with one attached hydrogen (secondary N) is 12. The summed E-state index contributed by atoms with van der Waals surface area (Å²) in [6.45, 7) is 11.4. The maximum absolute atomic E-state index is 15.1. The summed E-state index contributed by atoms with van der Waals surface area (Å²) in [6, 6.07) is 8.88. The Morgan fingerprint density at radius 1 is 0.788 bits per heavy atom. The molecule has 5 heterocycles. The summed E-state index contributed by atoms with van der Waals surface area (Å²) < 4.78 is 29.4. The molecule has 1 aromatic heterocycles. The van der Waals surface area contributed by atoms with Crippen LogP contribution in [-0.2, 0) is 107 Å². The van der Waals surface area contributed by atoms with E-state index in [-0.39, 0.29) is 91.1 Å². The molecule has 0 radical (unpaired) electrons. The van der Waals surface area contributed by atoms with Crippen LogP contribution < -0.4 is 85.3 Å². The van der Waals surface area contributed by atoms with E-state index < -0.39 is 215 Å². The second-order valence-electron chi connectivity index (χ2n) is 34.7. The summed E-state index contributed by atoms with van der Waals surface area (Å²) in [5.74, 6) is -13.0. The number of epoxide rings is 1. The number of hydrogen-bond acceptors (Lipinski definition) is 30. The van der Waals surface area contributed by atoms with Crippen LogP contribution in [0.15, 0.2) is 121 Å². The highest BCUT2D eigenvalue weighted by Crippen LogP contribution is 2.49. The maximum atomic E-state index is 15.1. The lowest BCUT2D eigenvalue weighted by molar-refractivity contribution is -0.165. The number of rotatable bonds is 34. The van der Waals surface area contributed by atoms with Gasteiger partial charge >= 0.3 is 12.1 Å². The number of benzene rings is 4. The number of aromatic amines is 1. The molecule has 4 aliphatic rings. The maximum Gasteiger partial charge on any atom is 0.409 e. The average Bonchev–Trinajstić information content (AvgIpc) is 1.56. The molecular formula is C92H126ClN17O23S4. The third-order valence-corrected chi connectivity index (χ3v) is 29.3. The molecule has 137 heavy (non-hydrogen) atoms. The van der Waals surface area contributed by atoms with Crippen LogP contribution in [0.4, 0.5) is 10.5 Å². The minimum Gasteiger partial charge on any atom is -0.508 e. The minimum absolute atomic E-state index is 0.0186. The number of allylic oxidation sites excluding steroid dienone is 3. The molecule has 3 fully saturated rings. The molecule has 21 atom stereocenters. The number of unbranched alkanes of at least 4 members (excludes halogenated alkanes) is 1. The van der Waals surface area contributed by atoms with E-state index in [0.717, 1.165) is 77.0 Å². The van der Waals surface area contributed by atoms with Crippen molar-refractivity contribution in [2.45, 2.75) is 234 Å². The average molecular weight is 2000 g/mol. The summed E-state index contributed by atoms with van der Waals surface area (Å²) in [5, 5.41) is 74.9. The first kappa shape index (κ1) is 110. The van der Waals surface area contributed by atoms with E-state index in [9.17, 15) is 73.2 Å². The number of halogens is 1. The van der Waals surface area contributed by atoms with Crippen molar-refractivity contribution in [3.63, 3.8) is 0 Å². The molecule has 0 saturated carbocycles. The number of esters is 1. The SMILES string of the molecule is COc1cc2cc(c1Cl)N(C)C(=O)[C@H](OC(=O)[C@H](C)N(C)C(=O)CCSSC[C@H](NC(=O)[C@H](C)NC(=O)[C@H](C)NC(=O)[C@@H](NC(=O)[C@@H]1CSSC[C@H](NC(=O)[C@H](N)Cc3ccccc3)C(=O)N[C@@H](Cc3ccc(O)cc3)CN[C@H](Cc3c[nH]c4ccccc34)C(=O)N[C@@H](CCCCN)C(=O)N[C@@H]([C@@H](C)O)C(=O)N1)[C@@H](C)O)C(N)=O)[C@]1(C)O[C@H]1[C@H](C)[C@@H]1C[C@@](O)(NC(=O)O1)[C@H](OC)/C=C/C=C(\C)C2. The van der Waals surface area contributed by atoms with Gasteiger partial charge in [-0.1, -0.05) is 146 Å². The van der Waals surface area contributed by atoms with Crippen molar-refractivity contribution in [2.24, 2.45) is 23.1 Å². The number of carbonyl (C=O) groups is 14. The Balaban J connectivity index is 0.836. The van der Waals surface area contributed by atoms with Gasteiger partial charge in [-0.25, -0.2) is 9.59 Å². The zero-order valence-corrected chi connectivity index (χ0v) is 82.3. The van der Waals surface area contributed by atoms with Gasteiger partial charge in [0, 0.05) is 92.7 Å². The van der Waals surface area contributed by atoms with E-state index in [1.54, 1.807) is 92.9 Å². The lowest BCUT2D eigenvalue weighted by atomic mass is 9.84. The fourth-order valence-electron chi connectivity index (χ4n) is 15.7. The number of hydrogen-bond donors (Lipinski definition) is 19. The topological polar surface area (TPSA) is 602 Å². The Morgan fingerprint density at radius 2 is 1.46 bits per heavy atom. The number of nitrogens with two attached hydrogens (primary N) is 3. The number of nitrogens with zero attached hydrogens (tertiary/aromatic N) is 2. The van der Waals surface area contributed by atoms with Gasteiger partial charge in [-0.2, -0.15) is 0 Å². The van der Waals surface area contributed by atoms with Crippen LogP contribution in [0, 0.1) is 5.92 Å². The molecule has 748 valence electrons. The van der Waals surface area contributed by atoms with Gasteiger partial charge in [-0.05, 0) is 153 Å². The van der Waals surface area contributed by atoms with Gasteiger partial charge in [-0.15, -0.1) is 0 Å². The zero-order valence-electron chi connectivity index (χ0n) is 78.2. The highest BCUT2D eigenvalue weighted by Gasteiger charge is 2.67. The molecule has 4 aromatic carbocycles. The molecule has 40 nitrogen and oxygen atoms in total. The third-order valence-electron chi connectivity index (χ3n) is 24.0. The van der Waals surface area contributed by atoms with Crippen molar-refractivity contribution < 1.29 is 111 Å². The number of primary amides is 1. The monoisotopic (exact) mass is 2000 g/mol. The number of anilines is 1. The van der Waals surface area contributed by atoms with Gasteiger partial charge < -0.3 is 129 Å². The molecule has 5 aromatic rings. The number of aromatic hydroxyl groups is 1. The predicted molar refractivity (Wildman–Crippen MR) is 519 cm³/mol. The van der Waals surface area contributed by atoms with Gasteiger partial charge in [0.05, 0.1) is 43.2 Å². The Bertz CT molecular complexity index is 5160. The number of para-hydroxylation sites is 1. The number of fused-ring (bicyclic) bond motifs is 6. The number of alkyl carbamates (subject to hydrolysis) is 1. The van der Waals surface area contributed by atoms with Crippen molar-refractivity contribution in [2.75, 3.05) is 69.3 Å². The highest BCUT2D eigenvalue weighted by atomic mass is 35.5. The van der Waals surface area contributed by atoms with Crippen molar-refractivity contribution in [1.82, 2.24) is 68.4 Å². The Hall–Kier alpha value is -10.7. The Kier molecular flexibility index (Phi) is 41.1. The number of H-pyrrole nitrogens is 1. The van der Waals surface area contributed by atoms with E-state index in [0.29, 0.717) is 36.0 Å². The normalized spacial score (nSPS) is 25.6. The van der Waals surface area contributed by atoms with Crippen molar-refractivity contribution in [1.29, 1.82) is 0 Å².